The van der Waals surface area contributed by atoms with E-state index in [1.165, 1.54) is 14.0 Å². The predicted molar refractivity (Wildman–Crippen MR) is 71.6 cm³/mol. The Morgan fingerprint density at radius 3 is 2.48 bits per heavy atom. The number of benzene rings is 1. The third kappa shape index (κ3) is 3.35. The highest BCUT2D eigenvalue weighted by Crippen LogP contribution is 2.25. The van der Waals surface area contributed by atoms with Crippen molar-refractivity contribution in [2.45, 2.75) is 17.9 Å². The minimum atomic E-state index is -4.20. The van der Waals surface area contributed by atoms with Crippen LogP contribution in [0.3, 0.4) is 0 Å². The first-order valence-electron chi connectivity index (χ1n) is 5.73. The number of hydrogen-bond donors (Lipinski definition) is 2. The number of nitro groups is 1. The maximum atomic E-state index is 12.3. The van der Waals surface area contributed by atoms with E-state index in [0.29, 0.717) is 6.07 Å². The lowest BCUT2D eigenvalue weighted by Crippen LogP contribution is -2.37. The summed E-state index contributed by atoms with van der Waals surface area (Å²) in [5.41, 5.74) is -1.22. The molecule has 1 rings (SSSR count). The van der Waals surface area contributed by atoms with E-state index < -0.39 is 49.7 Å². The van der Waals surface area contributed by atoms with Crippen molar-refractivity contribution in [2.24, 2.45) is 0 Å². The highest BCUT2D eigenvalue weighted by Gasteiger charge is 2.30. The van der Waals surface area contributed by atoms with Crippen LogP contribution in [-0.2, 0) is 10.0 Å². The van der Waals surface area contributed by atoms with E-state index in [9.17, 15) is 23.3 Å². The summed E-state index contributed by atoms with van der Waals surface area (Å²) in [6.07, 6.45) is 0. The van der Waals surface area contributed by atoms with Crippen LogP contribution in [0.4, 0.5) is 5.69 Å². The fourth-order valence-corrected chi connectivity index (χ4v) is 3.05. The lowest BCUT2D eigenvalue weighted by atomic mass is 10.2. The Morgan fingerprint density at radius 2 is 2.05 bits per heavy atom. The molecular weight excluding hydrogens is 304 g/mol. The SMILES string of the molecule is CC(CO)N(C)S(=O)(=O)c1ccc([N+](=O)[O-])cc1C(=O)O. The maximum absolute atomic E-state index is 12.3. The first-order valence-corrected chi connectivity index (χ1v) is 7.17. The van der Waals surface area contributed by atoms with Gasteiger partial charge in [-0.05, 0) is 13.0 Å². The van der Waals surface area contributed by atoms with Gasteiger partial charge in [-0.3, -0.25) is 10.1 Å². The van der Waals surface area contributed by atoms with Gasteiger partial charge in [0.05, 0.1) is 22.0 Å². The van der Waals surface area contributed by atoms with Crippen molar-refractivity contribution in [1.82, 2.24) is 4.31 Å². The molecule has 1 aromatic rings. The molecule has 0 saturated carbocycles. The second-order valence-electron chi connectivity index (χ2n) is 4.30. The van der Waals surface area contributed by atoms with Gasteiger partial charge in [0.1, 0.15) is 0 Å². The third-order valence-corrected chi connectivity index (χ3v) is 4.98. The van der Waals surface area contributed by atoms with Crippen LogP contribution in [0.5, 0.6) is 0 Å². The normalized spacial score (nSPS) is 13.1. The summed E-state index contributed by atoms with van der Waals surface area (Å²) in [6.45, 7) is 0.981. The molecule has 10 heteroatoms. The molecule has 1 unspecified atom stereocenters. The molecule has 1 aromatic carbocycles. The number of hydrogen-bond acceptors (Lipinski definition) is 6. The monoisotopic (exact) mass is 318 g/mol. The Hall–Kier alpha value is -2.04. The Balaban J connectivity index is 3.49. The Kier molecular flexibility index (Phi) is 4.99. The second-order valence-corrected chi connectivity index (χ2v) is 6.26. The fraction of sp³-hybridized carbons (Fsp3) is 0.364. The molecule has 0 fully saturated rings. The molecule has 0 heterocycles. The van der Waals surface area contributed by atoms with Crippen molar-refractivity contribution in [3.63, 3.8) is 0 Å². The van der Waals surface area contributed by atoms with Crippen LogP contribution >= 0.6 is 0 Å². The molecular formula is C11H14N2O7S. The third-order valence-electron chi connectivity index (χ3n) is 2.95. The number of non-ortho nitro benzene ring substituents is 1. The topological polar surface area (TPSA) is 138 Å². The number of carboxylic acids is 1. The standard InChI is InChI=1S/C11H14N2O7S/c1-7(6-14)12(2)21(19,20)10-4-3-8(13(17)18)5-9(10)11(15)16/h3-5,7,14H,6H2,1-2H3,(H,15,16). The van der Waals surface area contributed by atoms with Gasteiger partial charge < -0.3 is 10.2 Å². The van der Waals surface area contributed by atoms with E-state index in [1.54, 1.807) is 0 Å². The molecule has 1 atom stereocenters. The quantitative estimate of drug-likeness (QED) is 0.568. The van der Waals surface area contributed by atoms with Crippen molar-refractivity contribution < 1.29 is 28.3 Å². The van der Waals surface area contributed by atoms with Crippen LogP contribution in [0.2, 0.25) is 0 Å². The smallest absolute Gasteiger partial charge is 0.337 e. The molecule has 2 N–H and O–H groups in total. The number of carboxylic acid groups (broad SMARTS) is 1. The summed E-state index contributed by atoms with van der Waals surface area (Å²) in [5.74, 6) is -1.60. The molecule has 0 spiro atoms. The average molecular weight is 318 g/mol. The van der Waals surface area contributed by atoms with Gasteiger partial charge >= 0.3 is 5.97 Å². The molecule has 0 radical (unpaired) electrons. The molecule has 0 aliphatic carbocycles. The zero-order chi connectivity index (χ0) is 16.4. The summed E-state index contributed by atoms with van der Waals surface area (Å²) in [7, 11) is -3.01. The average Bonchev–Trinajstić information content (AvgIpc) is 2.44. The molecule has 0 bridgehead atoms. The molecule has 9 nitrogen and oxygen atoms in total. The van der Waals surface area contributed by atoms with E-state index in [1.807, 2.05) is 0 Å². The summed E-state index contributed by atoms with van der Waals surface area (Å²) >= 11 is 0. The highest BCUT2D eigenvalue weighted by atomic mass is 32.2. The largest absolute Gasteiger partial charge is 0.478 e. The number of carbonyl (C=O) groups is 1. The lowest BCUT2D eigenvalue weighted by molar-refractivity contribution is -0.384. The minimum absolute atomic E-state index is 0.453. The molecule has 116 valence electrons. The zero-order valence-electron chi connectivity index (χ0n) is 11.3. The van der Waals surface area contributed by atoms with E-state index in [2.05, 4.69) is 0 Å². The first-order chi connectivity index (χ1) is 9.62. The Bertz CT molecular complexity index is 671. The number of nitrogens with zero attached hydrogens (tertiary/aromatic N) is 2. The number of nitro benzene ring substituents is 1. The summed E-state index contributed by atoms with van der Waals surface area (Å²) in [4.78, 5) is 20.4. The fourth-order valence-electron chi connectivity index (χ4n) is 1.53. The van der Waals surface area contributed by atoms with Crippen LogP contribution in [0, 0.1) is 10.1 Å². The second kappa shape index (κ2) is 6.16. The van der Waals surface area contributed by atoms with Crippen molar-refractivity contribution >= 4 is 21.7 Å². The lowest BCUT2D eigenvalue weighted by Gasteiger charge is -2.23. The van der Waals surface area contributed by atoms with Crippen LogP contribution in [0.15, 0.2) is 23.1 Å². The number of sulfonamides is 1. The van der Waals surface area contributed by atoms with Gasteiger partial charge in [0, 0.05) is 25.2 Å². The van der Waals surface area contributed by atoms with E-state index in [4.69, 9.17) is 10.2 Å². The van der Waals surface area contributed by atoms with Gasteiger partial charge in [0.2, 0.25) is 10.0 Å². The van der Waals surface area contributed by atoms with Crippen LogP contribution < -0.4 is 0 Å². The van der Waals surface area contributed by atoms with E-state index >= 15 is 0 Å². The maximum Gasteiger partial charge on any atom is 0.337 e. The van der Waals surface area contributed by atoms with Gasteiger partial charge in [-0.15, -0.1) is 0 Å². The van der Waals surface area contributed by atoms with E-state index in [0.717, 1.165) is 16.4 Å². The zero-order valence-corrected chi connectivity index (χ0v) is 12.1. The molecule has 0 saturated heterocycles. The van der Waals surface area contributed by atoms with Gasteiger partial charge in [0.15, 0.2) is 0 Å². The summed E-state index contributed by atoms with van der Waals surface area (Å²) in [5, 5.41) is 28.7. The van der Waals surface area contributed by atoms with Crippen LogP contribution in [0.1, 0.15) is 17.3 Å². The van der Waals surface area contributed by atoms with Crippen molar-refractivity contribution in [2.75, 3.05) is 13.7 Å². The van der Waals surface area contributed by atoms with Crippen molar-refractivity contribution in [1.29, 1.82) is 0 Å². The molecule has 0 aliphatic heterocycles. The van der Waals surface area contributed by atoms with Gasteiger partial charge in [-0.25, -0.2) is 13.2 Å². The highest BCUT2D eigenvalue weighted by molar-refractivity contribution is 7.89. The van der Waals surface area contributed by atoms with Crippen LogP contribution in [0.25, 0.3) is 0 Å². The predicted octanol–water partition coefficient (Wildman–Crippen LogP) is 0.294. The Morgan fingerprint density at radius 1 is 1.48 bits per heavy atom. The van der Waals surface area contributed by atoms with Crippen molar-refractivity contribution in [3.8, 4) is 0 Å². The van der Waals surface area contributed by atoms with Crippen molar-refractivity contribution in [3.05, 3.63) is 33.9 Å². The molecule has 0 aliphatic rings. The van der Waals surface area contributed by atoms with Gasteiger partial charge in [0.25, 0.3) is 5.69 Å². The number of aliphatic hydroxyl groups excluding tert-OH is 1. The number of aliphatic hydroxyl groups is 1. The van der Waals surface area contributed by atoms with E-state index in [-0.39, 0.29) is 0 Å². The number of likely N-dealkylation sites (N-methyl/N-ethyl adjacent to an activating group) is 1. The van der Waals surface area contributed by atoms with Gasteiger partial charge in [-0.2, -0.15) is 4.31 Å². The molecule has 0 aromatic heterocycles. The number of rotatable bonds is 6. The van der Waals surface area contributed by atoms with Gasteiger partial charge in [-0.1, -0.05) is 0 Å². The minimum Gasteiger partial charge on any atom is -0.478 e. The Labute approximate surface area is 120 Å². The molecule has 21 heavy (non-hydrogen) atoms. The summed E-state index contributed by atoms with van der Waals surface area (Å²) < 4.78 is 25.4. The summed E-state index contributed by atoms with van der Waals surface area (Å²) in [6, 6.07) is 1.70. The first kappa shape index (κ1) is 17.0. The molecule has 0 amide bonds. The van der Waals surface area contributed by atoms with Crippen LogP contribution in [-0.4, -0.2) is 53.5 Å². The number of aromatic carboxylic acids is 1.